The van der Waals surface area contributed by atoms with Crippen LogP contribution in [-0.2, 0) is 4.74 Å². The Morgan fingerprint density at radius 1 is 1.23 bits per heavy atom. The van der Waals surface area contributed by atoms with E-state index in [2.05, 4.69) is 18.7 Å². The van der Waals surface area contributed by atoms with Crippen molar-refractivity contribution in [2.45, 2.75) is 44.9 Å². The van der Waals surface area contributed by atoms with Crippen molar-refractivity contribution < 1.29 is 19.6 Å². The summed E-state index contributed by atoms with van der Waals surface area (Å²) >= 11 is 0. The number of nitrogens with zero attached hydrogens (tertiary/aromatic N) is 2. The smallest absolute Gasteiger partial charge is 0.337 e. The van der Waals surface area contributed by atoms with Crippen LogP contribution in [0.3, 0.4) is 0 Å². The monoisotopic (exact) mass is 414 g/mol. The van der Waals surface area contributed by atoms with Gasteiger partial charge >= 0.3 is 5.97 Å². The third kappa shape index (κ3) is 7.39. The van der Waals surface area contributed by atoms with Crippen LogP contribution in [0.5, 0.6) is 0 Å². The van der Waals surface area contributed by atoms with Crippen LogP contribution in [0.4, 0.5) is 11.4 Å². The molecule has 7 heteroatoms. The molecule has 0 amide bonds. The molecule has 1 N–H and O–H groups in total. The molecule has 2 rings (SSSR count). The molecule has 1 aromatic rings. The van der Waals surface area contributed by atoms with Gasteiger partial charge in [0.2, 0.25) is 0 Å². The van der Waals surface area contributed by atoms with Gasteiger partial charge in [0.25, 0.3) is 5.69 Å². The number of non-ortho nitro benzene ring substituents is 1. The van der Waals surface area contributed by atoms with Crippen LogP contribution in [0.1, 0.15) is 55.3 Å². The Balaban J connectivity index is 1.89. The molecular weight excluding hydrogens is 384 g/mol. The minimum absolute atomic E-state index is 0.0758. The number of hydrogen-bond donors (Lipinski definition) is 1. The molecule has 0 unspecified atom stereocenters. The molecule has 1 aliphatic rings. The number of aromatic carboxylic acids is 1. The van der Waals surface area contributed by atoms with Gasteiger partial charge in [-0.05, 0) is 50.3 Å². The zero-order valence-electron chi connectivity index (χ0n) is 17.3. The number of rotatable bonds is 14. The number of carbonyl (C=O) groups is 1. The normalized spacial score (nSPS) is 12.9. The fourth-order valence-electron chi connectivity index (χ4n) is 3.32. The van der Waals surface area contributed by atoms with E-state index >= 15 is 0 Å². The summed E-state index contributed by atoms with van der Waals surface area (Å²) in [5.41, 5.74) is 0.353. The molecule has 1 aromatic carbocycles. The second-order valence-electron chi connectivity index (χ2n) is 7.18. The molecule has 0 spiro atoms. The van der Waals surface area contributed by atoms with Crippen molar-refractivity contribution in [2.75, 3.05) is 24.6 Å². The standard InChI is InChI=1S/C23H30N2O5/c1-2-3-15-24(22-18-19(25(28)29)13-14-21(22)23(26)27)16-9-4-5-10-17-30-20-11-7-6-8-12-20/h2,7,11-14,18H,1,3-6,8-10,15-17H2,(H,26,27). The van der Waals surface area contributed by atoms with Crippen molar-refractivity contribution >= 4 is 17.3 Å². The number of benzene rings is 1. The lowest BCUT2D eigenvalue weighted by Crippen LogP contribution is -2.27. The fraction of sp³-hybridized carbons (Fsp3) is 0.435. The van der Waals surface area contributed by atoms with E-state index in [-0.39, 0.29) is 11.3 Å². The summed E-state index contributed by atoms with van der Waals surface area (Å²) in [4.78, 5) is 24.2. The molecule has 0 bridgehead atoms. The van der Waals surface area contributed by atoms with Crippen molar-refractivity contribution in [1.29, 1.82) is 0 Å². The Bertz CT molecular complexity index is 801. The maximum absolute atomic E-state index is 11.6. The van der Waals surface area contributed by atoms with Gasteiger partial charge in [-0.1, -0.05) is 25.0 Å². The molecule has 0 aromatic heterocycles. The largest absolute Gasteiger partial charge is 0.494 e. The number of ether oxygens (including phenoxy) is 1. The van der Waals surface area contributed by atoms with Gasteiger partial charge in [0.1, 0.15) is 5.76 Å². The lowest BCUT2D eigenvalue weighted by Gasteiger charge is -2.26. The molecule has 0 saturated heterocycles. The van der Waals surface area contributed by atoms with Crippen LogP contribution < -0.4 is 4.90 Å². The van der Waals surface area contributed by atoms with E-state index in [1.165, 1.54) is 18.2 Å². The molecule has 1 aliphatic carbocycles. The number of nitro groups is 1. The third-order valence-corrected chi connectivity index (χ3v) is 4.92. The molecule has 162 valence electrons. The van der Waals surface area contributed by atoms with Crippen LogP contribution in [0.25, 0.3) is 0 Å². The van der Waals surface area contributed by atoms with E-state index in [9.17, 15) is 20.0 Å². The highest BCUT2D eigenvalue weighted by Crippen LogP contribution is 2.27. The van der Waals surface area contributed by atoms with E-state index in [1.807, 2.05) is 11.0 Å². The summed E-state index contributed by atoms with van der Waals surface area (Å²) in [6, 6.07) is 3.89. The number of unbranched alkanes of at least 4 members (excludes halogenated alkanes) is 3. The maximum atomic E-state index is 11.6. The highest BCUT2D eigenvalue weighted by molar-refractivity contribution is 5.95. The zero-order valence-corrected chi connectivity index (χ0v) is 17.3. The minimum Gasteiger partial charge on any atom is -0.494 e. The molecule has 0 heterocycles. The molecule has 0 aliphatic heterocycles. The van der Waals surface area contributed by atoms with Gasteiger partial charge in [-0.25, -0.2) is 4.79 Å². The van der Waals surface area contributed by atoms with Gasteiger partial charge in [0.15, 0.2) is 0 Å². The highest BCUT2D eigenvalue weighted by Gasteiger charge is 2.19. The van der Waals surface area contributed by atoms with Crippen LogP contribution in [0.2, 0.25) is 0 Å². The molecule has 0 saturated carbocycles. The van der Waals surface area contributed by atoms with Gasteiger partial charge in [0.05, 0.1) is 22.8 Å². The lowest BCUT2D eigenvalue weighted by atomic mass is 10.1. The number of nitro benzene ring substituents is 1. The van der Waals surface area contributed by atoms with Crippen LogP contribution in [-0.4, -0.2) is 35.7 Å². The van der Waals surface area contributed by atoms with E-state index in [1.54, 1.807) is 6.08 Å². The predicted molar refractivity (Wildman–Crippen MR) is 118 cm³/mol. The Labute approximate surface area is 177 Å². The van der Waals surface area contributed by atoms with Gasteiger partial charge in [0, 0.05) is 25.2 Å². The maximum Gasteiger partial charge on any atom is 0.337 e. The summed E-state index contributed by atoms with van der Waals surface area (Å²) in [5, 5.41) is 20.7. The Morgan fingerprint density at radius 2 is 2.03 bits per heavy atom. The highest BCUT2D eigenvalue weighted by atomic mass is 16.6. The van der Waals surface area contributed by atoms with Gasteiger partial charge < -0.3 is 14.7 Å². The first-order valence-electron chi connectivity index (χ1n) is 10.4. The average Bonchev–Trinajstić information content (AvgIpc) is 2.75. The average molecular weight is 415 g/mol. The number of anilines is 1. The zero-order chi connectivity index (χ0) is 21.8. The van der Waals surface area contributed by atoms with Gasteiger partial charge in [-0.2, -0.15) is 0 Å². The first-order valence-corrected chi connectivity index (χ1v) is 10.4. The van der Waals surface area contributed by atoms with Gasteiger partial charge in [-0.15, -0.1) is 6.58 Å². The topological polar surface area (TPSA) is 92.9 Å². The second-order valence-corrected chi connectivity index (χ2v) is 7.18. The van der Waals surface area contributed by atoms with E-state index in [0.29, 0.717) is 31.8 Å². The summed E-state index contributed by atoms with van der Waals surface area (Å²) < 4.78 is 5.73. The molecule has 0 radical (unpaired) electrons. The van der Waals surface area contributed by atoms with Crippen LogP contribution in [0.15, 0.2) is 54.8 Å². The minimum atomic E-state index is -1.09. The number of hydrogen-bond acceptors (Lipinski definition) is 5. The molecule has 0 atom stereocenters. The van der Waals surface area contributed by atoms with Crippen molar-refractivity contribution in [1.82, 2.24) is 0 Å². The predicted octanol–water partition coefficient (Wildman–Crippen LogP) is 5.49. The van der Waals surface area contributed by atoms with Crippen molar-refractivity contribution in [2.24, 2.45) is 0 Å². The Hall–Kier alpha value is -3.09. The SMILES string of the molecule is C=CCCN(CCCCCCOC1=CCCC=C1)c1cc([N+](=O)[O-])ccc1C(=O)O. The lowest BCUT2D eigenvalue weighted by molar-refractivity contribution is -0.384. The number of carboxylic acids is 1. The first kappa shape index (κ1) is 23.2. The van der Waals surface area contributed by atoms with Gasteiger partial charge in [-0.3, -0.25) is 10.1 Å². The summed E-state index contributed by atoms with van der Waals surface area (Å²) in [5.74, 6) is -0.143. The van der Waals surface area contributed by atoms with Crippen molar-refractivity contribution in [3.63, 3.8) is 0 Å². The van der Waals surface area contributed by atoms with E-state index in [0.717, 1.165) is 44.3 Å². The van der Waals surface area contributed by atoms with E-state index in [4.69, 9.17) is 4.74 Å². The summed E-state index contributed by atoms with van der Waals surface area (Å²) in [6.45, 7) is 5.60. The number of carboxylic acid groups (broad SMARTS) is 1. The number of allylic oxidation sites excluding steroid dienone is 3. The molecule has 0 fully saturated rings. The molecule has 30 heavy (non-hydrogen) atoms. The first-order chi connectivity index (χ1) is 14.5. The quantitative estimate of drug-likeness (QED) is 0.187. The van der Waals surface area contributed by atoms with Crippen molar-refractivity contribution in [3.05, 3.63) is 70.5 Å². The van der Waals surface area contributed by atoms with E-state index < -0.39 is 10.9 Å². The van der Waals surface area contributed by atoms with Crippen LogP contribution in [0, 0.1) is 10.1 Å². The van der Waals surface area contributed by atoms with Crippen LogP contribution >= 0.6 is 0 Å². The fourth-order valence-corrected chi connectivity index (χ4v) is 3.32. The molecular formula is C23H30N2O5. The Morgan fingerprint density at radius 3 is 2.70 bits per heavy atom. The summed E-state index contributed by atoms with van der Waals surface area (Å²) in [6.07, 6.45) is 14.6. The summed E-state index contributed by atoms with van der Waals surface area (Å²) in [7, 11) is 0. The third-order valence-electron chi connectivity index (χ3n) is 4.92. The molecule has 7 nitrogen and oxygen atoms in total. The second kappa shape index (κ2) is 12.5. The Kier molecular flexibility index (Phi) is 9.64. The van der Waals surface area contributed by atoms with Crippen molar-refractivity contribution in [3.8, 4) is 0 Å².